The third kappa shape index (κ3) is 4.94. The van der Waals surface area contributed by atoms with Crippen LogP contribution in [0.2, 0.25) is 0 Å². The fourth-order valence-corrected chi connectivity index (χ4v) is 2.07. The smallest absolute Gasteiger partial charge is 0.335 e. The number of carbonyl (C=O) groups excluding carboxylic acids is 1. The molecule has 20 heavy (non-hydrogen) atoms. The Morgan fingerprint density at radius 3 is 2.70 bits per heavy atom. The number of benzene rings is 1. The Balaban J connectivity index is 2.75. The highest BCUT2D eigenvalue weighted by Gasteiger charge is 2.11. The van der Waals surface area contributed by atoms with E-state index in [9.17, 15) is 9.59 Å². The molecule has 2 amide bonds. The van der Waals surface area contributed by atoms with E-state index in [0.29, 0.717) is 16.6 Å². The van der Waals surface area contributed by atoms with Crippen LogP contribution in [0.3, 0.4) is 0 Å². The van der Waals surface area contributed by atoms with Gasteiger partial charge in [0.1, 0.15) is 0 Å². The first-order valence-corrected chi connectivity index (χ1v) is 6.80. The van der Waals surface area contributed by atoms with Crippen molar-refractivity contribution in [1.29, 1.82) is 0 Å². The highest BCUT2D eigenvalue weighted by molar-refractivity contribution is 9.10. The molecule has 1 aromatic carbocycles. The summed E-state index contributed by atoms with van der Waals surface area (Å²) in [4.78, 5) is 22.7. The third-order valence-corrected chi connectivity index (χ3v) is 3.05. The van der Waals surface area contributed by atoms with Crippen LogP contribution < -0.4 is 10.6 Å². The second kappa shape index (κ2) is 7.56. The number of halogens is 1. The number of carboxylic acid groups (broad SMARTS) is 1. The van der Waals surface area contributed by atoms with Crippen LogP contribution in [-0.2, 0) is 0 Å². The van der Waals surface area contributed by atoms with Gasteiger partial charge in [0.2, 0.25) is 0 Å². The molecule has 0 radical (unpaired) electrons. The van der Waals surface area contributed by atoms with Crippen LogP contribution in [0.25, 0.3) is 0 Å². The van der Waals surface area contributed by atoms with Crippen molar-refractivity contribution >= 4 is 33.6 Å². The molecular weight excluding hydrogens is 324 g/mol. The number of rotatable bonds is 5. The summed E-state index contributed by atoms with van der Waals surface area (Å²) < 4.78 is 0.573. The molecule has 0 aliphatic heterocycles. The summed E-state index contributed by atoms with van der Waals surface area (Å²) in [6, 6.07) is 3.94. The Morgan fingerprint density at radius 1 is 1.45 bits per heavy atom. The summed E-state index contributed by atoms with van der Waals surface area (Å²) in [5.41, 5.74) is 0.482. The molecule has 0 fully saturated rings. The molecule has 1 rings (SSSR count). The van der Waals surface area contributed by atoms with E-state index in [1.807, 2.05) is 6.92 Å². The number of amides is 2. The molecule has 3 N–H and O–H groups in total. The molecule has 0 heterocycles. The zero-order valence-corrected chi connectivity index (χ0v) is 12.5. The van der Waals surface area contributed by atoms with E-state index >= 15 is 0 Å². The minimum Gasteiger partial charge on any atom is -0.478 e. The molecule has 1 atom stereocenters. The van der Waals surface area contributed by atoms with Crippen LogP contribution in [0.4, 0.5) is 10.5 Å². The lowest BCUT2D eigenvalue weighted by molar-refractivity contribution is 0.0697. The molecule has 0 aliphatic rings. The number of carboxylic acids is 1. The van der Waals surface area contributed by atoms with Crippen LogP contribution in [-0.4, -0.2) is 23.1 Å². The van der Waals surface area contributed by atoms with Crippen molar-refractivity contribution in [2.45, 2.75) is 25.8 Å². The summed E-state index contributed by atoms with van der Waals surface area (Å²) in [6.45, 7) is 1.92. The van der Waals surface area contributed by atoms with Crippen LogP contribution in [0.15, 0.2) is 22.7 Å². The SMILES string of the molecule is C#CCC(CC)NC(=O)Nc1cc(Br)cc(C(=O)O)c1. The van der Waals surface area contributed by atoms with E-state index < -0.39 is 12.0 Å². The van der Waals surface area contributed by atoms with Gasteiger partial charge in [-0.05, 0) is 24.6 Å². The number of anilines is 1. The van der Waals surface area contributed by atoms with Gasteiger partial charge >= 0.3 is 12.0 Å². The molecule has 1 unspecified atom stereocenters. The van der Waals surface area contributed by atoms with E-state index in [0.717, 1.165) is 6.42 Å². The van der Waals surface area contributed by atoms with Crippen molar-refractivity contribution in [3.8, 4) is 12.3 Å². The van der Waals surface area contributed by atoms with Crippen molar-refractivity contribution < 1.29 is 14.7 Å². The number of hydrogen-bond donors (Lipinski definition) is 3. The molecule has 5 nitrogen and oxygen atoms in total. The van der Waals surface area contributed by atoms with E-state index in [2.05, 4.69) is 32.5 Å². The number of carbonyl (C=O) groups is 2. The molecule has 0 bridgehead atoms. The highest BCUT2D eigenvalue weighted by Crippen LogP contribution is 2.19. The standard InChI is InChI=1S/C14H15BrN2O3/c1-3-5-11(4-2)16-14(20)17-12-7-9(13(18)19)6-10(15)8-12/h1,6-8,11H,4-5H2,2H3,(H,18,19)(H2,16,17,20). The number of nitrogens with one attached hydrogen (secondary N) is 2. The molecule has 0 aliphatic carbocycles. The minimum atomic E-state index is -1.06. The van der Waals surface area contributed by atoms with Crippen LogP contribution >= 0.6 is 15.9 Å². The molecule has 0 aromatic heterocycles. The van der Waals surface area contributed by atoms with Crippen molar-refractivity contribution in [2.24, 2.45) is 0 Å². The van der Waals surface area contributed by atoms with Crippen molar-refractivity contribution in [2.75, 3.05) is 5.32 Å². The molecule has 0 saturated heterocycles. The summed E-state index contributed by atoms with van der Waals surface area (Å²) in [7, 11) is 0. The molecule has 0 spiro atoms. The quantitative estimate of drug-likeness (QED) is 0.722. The lowest BCUT2D eigenvalue weighted by atomic mass is 10.1. The second-order valence-corrected chi connectivity index (χ2v) is 5.06. The zero-order valence-electron chi connectivity index (χ0n) is 10.9. The minimum absolute atomic E-state index is 0.0883. The largest absolute Gasteiger partial charge is 0.478 e. The Bertz CT molecular complexity index is 552. The topological polar surface area (TPSA) is 78.4 Å². The average Bonchev–Trinajstić information content (AvgIpc) is 2.37. The van der Waals surface area contributed by atoms with Gasteiger partial charge in [0.25, 0.3) is 0 Å². The van der Waals surface area contributed by atoms with Crippen LogP contribution in [0.1, 0.15) is 30.1 Å². The fourth-order valence-electron chi connectivity index (χ4n) is 1.58. The highest BCUT2D eigenvalue weighted by atomic mass is 79.9. The van der Waals surface area contributed by atoms with Gasteiger partial charge < -0.3 is 15.7 Å². The normalized spacial score (nSPS) is 11.2. The molecule has 1 aromatic rings. The number of urea groups is 1. The van der Waals surface area contributed by atoms with Gasteiger partial charge in [-0.25, -0.2) is 9.59 Å². The summed E-state index contributed by atoms with van der Waals surface area (Å²) in [5, 5.41) is 14.3. The molecule has 6 heteroatoms. The Kier molecular flexibility index (Phi) is 6.07. The van der Waals surface area contributed by atoms with Crippen molar-refractivity contribution in [3.63, 3.8) is 0 Å². The molecule has 0 saturated carbocycles. The Labute approximate surface area is 125 Å². The lowest BCUT2D eigenvalue weighted by Gasteiger charge is -2.15. The van der Waals surface area contributed by atoms with Crippen molar-refractivity contribution in [3.05, 3.63) is 28.2 Å². The van der Waals surface area contributed by atoms with Gasteiger partial charge in [0.05, 0.1) is 5.56 Å². The Hall–Kier alpha value is -2.00. The van der Waals surface area contributed by atoms with Gasteiger partial charge in [-0.3, -0.25) is 0 Å². The van der Waals surface area contributed by atoms with Gasteiger partial charge in [-0.2, -0.15) is 0 Å². The molecular formula is C14H15BrN2O3. The van der Waals surface area contributed by atoms with Crippen LogP contribution in [0.5, 0.6) is 0 Å². The predicted molar refractivity (Wildman–Crippen MR) is 80.8 cm³/mol. The van der Waals surface area contributed by atoms with Crippen molar-refractivity contribution in [1.82, 2.24) is 5.32 Å². The first kappa shape index (κ1) is 16.1. The van der Waals surface area contributed by atoms with Gasteiger partial charge in [0, 0.05) is 22.6 Å². The van der Waals surface area contributed by atoms with Gasteiger partial charge in [-0.1, -0.05) is 22.9 Å². The summed E-state index contributed by atoms with van der Waals surface area (Å²) in [5.74, 6) is 1.43. The first-order chi connectivity index (χ1) is 9.46. The number of hydrogen-bond acceptors (Lipinski definition) is 2. The monoisotopic (exact) mass is 338 g/mol. The van der Waals surface area contributed by atoms with Crippen LogP contribution in [0, 0.1) is 12.3 Å². The summed E-state index contributed by atoms with van der Waals surface area (Å²) in [6.07, 6.45) is 6.38. The lowest BCUT2D eigenvalue weighted by Crippen LogP contribution is -2.37. The van der Waals surface area contributed by atoms with E-state index in [1.165, 1.54) is 12.1 Å². The maximum Gasteiger partial charge on any atom is 0.335 e. The average molecular weight is 339 g/mol. The number of terminal acetylenes is 1. The summed E-state index contributed by atoms with van der Waals surface area (Å²) >= 11 is 3.20. The second-order valence-electron chi connectivity index (χ2n) is 4.15. The Morgan fingerprint density at radius 2 is 2.15 bits per heavy atom. The van der Waals surface area contributed by atoms with Gasteiger partial charge in [0.15, 0.2) is 0 Å². The van der Waals surface area contributed by atoms with Gasteiger partial charge in [-0.15, -0.1) is 12.3 Å². The first-order valence-electron chi connectivity index (χ1n) is 6.01. The predicted octanol–water partition coefficient (Wildman–Crippen LogP) is 3.07. The van der Waals surface area contributed by atoms with E-state index in [1.54, 1.807) is 6.07 Å². The van der Waals surface area contributed by atoms with E-state index in [4.69, 9.17) is 11.5 Å². The maximum absolute atomic E-state index is 11.8. The molecule has 106 valence electrons. The number of aromatic carboxylic acids is 1. The fraction of sp³-hybridized carbons (Fsp3) is 0.286. The zero-order chi connectivity index (χ0) is 15.1. The third-order valence-electron chi connectivity index (χ3n) is 2.59. The van der Waals surface area contributed by atoms with E-state index in [-0.39, 0.29) is 11.6 Å². The maximum atomic E-state index is 11.8.